The summed E-state index contributed by atoms with van der Waals surface area (Å²) in [6.45, 7) is 3.91. The van der Waals surface area contributed by atoms with Crippen molar-refractivity contribution in [1.82, 2.24) is 0 Å². The monoisotopic (exact) mass is 214 g/mol. The Morgan fingerprint density at radius 2 is 2.13 bits per heavy atom. The standard InChI is InChI=1S/C12H22O3/c1-3-4-5-6-7-10-11(8-9(2)13)15-12(10)14/h9-11,13H,3-8H2,1-2H3/t9?,10-,11-/m1/s1. The maximum atomic E-state index is 11.2. The summed E-state index contributed by atoms with van der Waals surface area (Å²) in [6.07, 6.45) is 5.86. The van der Waals surface area contributed by atoms with E-state index in [1.165, 1.54) is 19.3 Å². The largest absolute Gasteiger partial charge is 0.461 e. The van der Waals surface area contributed by atoms with Crippen LogP contribution in [0.15, 0.2) is 0 Å². The van der Waals surface area contributed by atoms with Crippen LogP contribution in [0.25, 0.3) is 0 Å². The van der Waals surface area contributed by atoms with Gasteiger partial charge in [-0.15, -0.1) is 0 Å². The highest BCUT2D eigenvalue weighted by molar-refractivity contribution is 5.78. The molecule has 1 aliphatic rings. The summed E-state index contributed by atoms with van der Waals surface area (Å²) in [7, 11) is 0. The van der Waals surface area contributed by atoms with Gasteiger partial charge in [-0.05, 0) is 13.3 Å². The second-order valence-electron chi connectivity index (χ2n) is 4.52. The highest BCUT2D eigenvalue weighted by atomic mass is 16.6. The minimum absolute atomic E-state index is 0.0286. The highest BCUT2D eigenvalue weighted by Crippen LogP contribution is 2.30. The number of hydrogen-bond acceptors (Lipinski definition) is 3. The fraction of sp³-hybridized carbons (Fsp3) is 0.917. The van der Waals surface area contributed by atoms with Crippen LogP contribution in [0.5, 0.6) is 0 Å². The van der Waals surface area contributed by atoms with Gasteiger partial charge in [0.05, 0.1) is 12.0 Å². The molecule has 0 aromatic rings. The molecule has 1 rings (SSSR count). The SMILES string of the molecule is CCCCCC[C@H]1C(=O)O[C@@H]1CC(C)O. The topological polar surface area (TPSA) is 46.5 Å². The van der Waals surface area contributed by atoms with Crippen molar-refractivity contribution in [2.24, 2.45) is 5.92 Å². The van der Waals surface area contributed by atoms with Gasteiger partial charge in [-0.25, -0.2) is 0 Å². The molecule has 1 aliphatic heterocycles. The molecule has 0 saturated carbocycles. The minimum Gasteiger partial charge on any atom is -0.461 e. The van der Waals surface area contributed by atoms with E-state index >= 15 is 0 Å². The first-order chi connectivity index (χ1) is 7.15. The summed E-state index contributed by atoms with van der Waals surface area (Å²) in [5.74, 6) is -0.0198. The summed E-state index contributed by atoms with van der Waals surface area (Å²) >= 11 is 0. The number of esters is 1. The molecule has 88 valence electrons. The number of carbonyl (C=O) groups excluding carboxylic acids is 1. The fourth-order valence-electron chi connectivity index (χ4n) is 2.04. The van der Waals surface area contributed by atoms with Crippen LogP contribution in [-0.2, 0) is 9.53 Å². The van der Waals surface area contributed by atoms with Gasteiger partial charge in [-0.1, -0.05) is 32.6 Å². The molecule has 1 saturated heterocycles. The molecule has 3 atom stereocenters. The Hall–Kier alpha value is -0.570. The average molecular weight is 214 g/mol. The predicted molar refractivity (Wildman–Crippen MR) is 58.4 cm³/mol. The number of cyclic esters (lactones) is 1. The van der Waals surface area contributed by atoms with Crippen molar-refractivity contribution < 1.29 is 14.6 Å². The van der Waals surface area contributed by atoms with Crippen molar-refractivity contribution in [2.45, 2.75) is 64.6 Å². The molecule has 0 aliphatic carbocycles. The third-order valence-corrected chi connectivity index (χ3v) is 2.96. The van der Waals surface area contributed by atoms with E-state index in [2.05, 4.69) is 6.92 Å². The molecule has 0 bridgehead atoms. The van der Waals surface area contributed by atoms with Crippen LogP contribution >= 0.6 is 0 Å². The average Bonchev–Trinajstić information content (AvgIpc) is 2.16. The Bertz CT molecular complexity index is 201. The van der Waals surface area contributed by atoms with Gasteiger partial charge in [0, 0.05) is 6.42 Å². The maximum absolute atomic E-state index is 11.2. The van der Waals surface area contributed by atoms with Gasteiger partial charge in [0.15, 0.2) is 0 Å². The van der Waals surface area contributed by atoms with Gasteiger partial charge < -0.3 is 9.84 Å². The Labute approximate surface area is 91.8 Å². The zero-order valence-corrected chi connectivity index (χ0v) is 9.74. The summed E-state index contributed by atoms with van der Waals surface area (Å²) in [5.41, 5.74) is 0. The van der Waals surface area contributed by atoms with Gasteiger partial charge in [0.1, 0.15) is 6.10 Å². The molecule has 15 heavy (non-hydrogen) atoms. The lowest BCUT2D eigenvalue weighted by Crippen LogP contribution is -2.46. The molecule has 1 unspecified atom stereocenters. The van der Waals surface area contributed by atoms with E-state index in [4.69, 9.17) is 4.74 Å². The Kier molecular flexibility index (Phi) is 5.09. The molecule has 0 aromatic heterocycles. The van der Waals surface area contributed by atoms with Crippen molar-refractivity contribution in [3.8, 4) is 0 Å². The van der Waals surface area contributed by atoms with Crippen molar-refractivity contribution in [1.29, 1.82) is 0 Å². The van der Waals surface area contributed by atoms with E-state index in [9.17, 15) is 9.90 Å². The van der Waals surface area contributed by atoms with Crippen molar-refractivity contribution in [3.63, 3.8) is 0 Å². The van der Waals surface area contributed by atoms with Crippen LogP contribution in [0.2, 0.25) is 0 Å². The first kappa shape index (κ1) is 12.5. The molecule has 0 amide bonds. The first-order valence-corrected chi connectivity index (χ1v) is 6.03. The van der Waals surface area contributed by atoms with Crippen molar-refractivity contribution in [2.75, 3.05) is 0 Å². The number of ether oxygens (including phenoxy) is 1. The summed E-state index contributed by atoms with van der Waals surface area (Å²) in [4.78, 5) is 11.2. The molecule has 3 heteroatoms. The second-order valence-corrected chi connectivity index (χ2v) is 4.52. The summed E-state index contributed by atoms with van der Waals surface area (Å²) in [6, 6.07) is 0. The zero-order valence-electron chi connectivity index (χ0n) is 9.74. The maximum Gasteiger partial charge on any atom is 0.313 e. The summed E-state index contributed by atoms with van der Waals surface area (Å²) in [5, 5.41) is 9.21. The molecule has 3 nitrogen and oxygen atoms in total. The van der Waals surface area contributed by atoms with Gasteiger partial charge in [0.2, 0.25) is 0 Å². The van der Waals surface area contributed by atoms with Gasteiger partial charge >= 0.3 is 5.97 Å². The Morgan fingerprint density at radius 3 is 2.67 bits per heavy atom. The van der Waals surface area contributed by atoms with E-state index in [0.717, 1.165) is 12.8 Å². The minimum atomic E-state index is -0.374. The van der Waals surface area contributed by atoms with E-state index in [1.807, 2.05) is 0 Å². The van der Waals surface area contributed by atoms with Gasteiger partial charge in [-0.2, -0.15) is 0 Å². The summed E-state index contributed by atoms with van der Waals surface area (Å²) < 4.78 is 5.02. The van der Waals surface area contributed by atoms with E-state index in [-0.39, 0.29) is 24.1 Å². The second kappa shape index (κ2) is 6.11. The quantitative estimate of drug-likeness (QED) is 0.522. The molecule has 1 N–H and O–H groups in total. The van der Waals surface area contributed by atoms with Crippen LogP contribution in [0, 0.1) is 5.92 Å². The van der Waals surface area contributed by atoms with E-state index < -0.39 is 0 Å². The van der Waals surface area contributed by atoms with E-state index in [0.29, 0.717) is 6.42 Å². The third-order valence-electron chi connectivity index (χ3n) is 2.96. The molecule has 1 fully saturated rings. The number of aliphatic hydroxyl groups is 1. The van der Waals surface area contributed by atoms with Crippen LogP contribution in [0.4, 0.5) is 0 Å². The van der Waals surface area contributed by atoms with Gasteiger partial charge in [-0.3, -0.25) is 4.79 Å². The normalized spacial score (nSPS) is 27.0. The number of rotatable bonds is 7. The number of unbranched alkanes of at least 4 members (excludes halogenated alkanes) is 3. The van der Waals surface area contributed by atoms with Crippen molar-refractivity contribution in [3.05, 3.63) is 0 Å². The number of carbonyl (C=O) groups is 1. The predicted octanol–water partition coefficient (Wildman–Crippen LogP) is 2.27. The lowest BCUT2D eigenvalue weighted by atomic mass is 9.88. The first-order valence-electron chi connectivity index (χ1n) is 6.03. The molecule has 0 spiro atoms. The molecule has 1 heterocycles. The number of aliphatic hydroxyl groups excluding tert-OH is 1. The Balaban J connectivity index is 2.17. The highest BCUT2D eigenvalue weighted by Gasteiger charge is 2.41. The van der Waals surface area contributed by atoms with Crippen LogP contribution < -0.4 is 0 Å². The van der Waals surface area contributed by atoms with Crippen molar-refractivity contribution >= 4 is 5.97 Å². The lowest BCUT2D eigenvalue weighted by Gasteiger charge is -2.35. The molecular weight excluding hydrogens is 192 g/mol. The number of hydrogen-bond donors (Lipinski definition) is 1. The smallest absolute Gasteiger partial charge is 0.313 e. The van der Waals surface area contributed by atoms with Crippen LogP contribution in [0.3, 0.4) is 0 Å². The lowest BCUT2D eigenvalue weighted by molar-refractivity contribution is -0.188. The Morgan fingerprint density at radius 1 is 1.40 bits per heavy atom. The van der Waals surface area contributed by atoms with Gasteiger partial charge in [0.25, 0.3) is 0 Å². The third kappa shape index (κ3) is 3.82. The molecule has 0 radical (unpaired) electrons. The molecule has 0 aromatic carbocycles. The fourth-order valence-corrected chi connectivity index (χ4v) is 2.04. The molecular formula is C12H22O3. The van der Waals surface area contributed by atoms with E-state index in [1.54, 1.807) is 6.92 Å². The zero-order chi connectivity index (χ0) is 11.3. The van der Waals surface area contributed by atoms with Crippen LogP contribution in [-0.4, -0.2) is 23.3 Å². The van der Waals surface area contributed by atoms with Crippen LogP contribution in [0.1, 0.15) is 52.4 Å².